The molecule has 3 aromatic rings. The maximum atomic E-state index is 14.3. The standard InChI is InChI=1S/C25H28ClFN4O4/c1-25(2,3)35-24(32)31-9-7-16(8-10-31)34-22-13-20-17(12-21(22)33-4)23(29-14-28-20)30-19-6-5-15(26)11-18(19)27/h5-6,11-14,16H,7-10H2,1-4H3,(H,28,29,30). The number of methoxy groups -OCH3 is 1. The zero-order valence-electron chi connectivity index (χ0n) is 20.1. The summed E-state index contributed by atoms with van der Waals surface area (Å²) in [5.74, 6) is 0.972. The molecule has 0 atom stereocenters. The van der Waals surface area contributed by atoms with Crippen LogP contribution < -0.4 is 14.8 Å². The number of anilines is 2. The predicted molar refractivity (Wildman–Crippen MR) is 132 cm³/mol. The van der Waals surface area contributed by atoms with E-state index in [0.29, 0.717) is 59.2 Å². The SMILES string of the molecule is COc1cc2c(Nc3ccc(Cl)cc3F)ncnc2cc1OC1CCN(C(=O)OC(C)(C)C)CC1. The highest BCUT2D eigenvalue weighted by Crippen LogP contribution is 2.36. The Labute approximate surface area is 208 Å². The quantitative estimate of drug-likeness (QED) is 0.461. The molecule has 0 saturated carbocycles. The van der Waals surface area contributed by atoms with Gasteiger partial charge in [0.25, 0.3) is 0 Å². The fraction of sp³-hybridized carbons (Fsp3) is 0.400. The third kappa shape index (κ3) is 6.03. The molecule has 186 valence electrons. The Bertz CT molecular complexity index is 1230. The number of piperidine rings is 1. The first-order valence-corrected chi connectivity index (χ1v) is 11.7. The summed E-state index contributed by atoms with van der Waals surface area (Å²) in [6.07, 6.45) is 2.31. The molecule has 1 aliphatic heterocycles. The molecule has 2 aromatic carbocycles. The number of hydrogen-bond donors (Lipinski definition) is 1. The van der Waals surface area contributed by atoms with E-state index in [1.807, 2.05) is 20.8 Å². The molecule has 10 heteroatoms. The summed E-state index contributed by atoms with van der Waals surface area (Å²) in [6.45, 7) is 6.63. The first kappa shape index (κ1) is 24.8. The van der Waals surface area contributed by atoms with E-state index in [9.17, 15) is 9.18 Å². The zero-order valence-corrected chi connectivity index (χ0v) is 20.9. The molecule has 2 heterocycles. The van der Waals surface area contributed by atoms with E-state index < -0.39 is 11.4 Å². The monoisotopic (exact) mass is 502 g/mol. The Balaban J connectivity index is 1.50. The largest absolute Gasteiger partial charge is 0.493 e. The van der Waals surface area contributed by atoms with Crippen LogP contribution in [0.4, 0.5) is 20.7 Å². The van der Waals surface area contributed by atoms with Gasteiger partial charge in [0.15, 0.2) is 11.5 Å². The highest BCUT2D eigenvalue weighted by atomic mass is 35.5. The lowest BCUT2D eigenvalue weighted by Gasteiger charge is -2.33. The van der Waals surface area contributed by atoms with Crippen LogP contribution in [0.1, 0.15) is 33.6 Å². The van der Waals surface area contributed by atoms with Gasteiger partial charge in [0.1, 0.15) is 29.7 Å². The van der Waals surface area contributed by atoms with Gasteiger partial charge in [0.05, 0.1) is 18.3 Å². The molecular weight excluding hydrogens is 475 g/mol. The predicted octanol–water partition coefficient (Wildman–Crippen LogP) is 5.95. The van der Waals surface area contributed by atoms with Crippen LogP contribution in [0.5, 0.6) is 11.5 Å². The Kier molecular flexibility index (Phi) is 7.16. The number of nitrogens with zero attached hydrogens (tertiary/aromatic N) is 3. The van der Waals surface area contributed by atoms with Crippen molar-refractivity contribution >= 4 is 40.1 Å². The third-order valence-corrected chi connectivity index (χ3v) is 5.73. The highest BCUT2D eigenvalue weighted by Gasteiger charge is 2.28. The third-order valence-electron chi connectivity index (χ3n) is 5.49. The lowest BCUT2D eigenvalue weighted by atomic mass is 10.1. The first-order valence-electron chi connectivity index (χ1n) is 11.3. The number of rotatable bonds is 5. The summed E-state index contributed by atoms with van der Waals surface area (Å²) in [6, 6.07) is 7.91. The fourth-order valence-electron chi connectivity index (χ4n) is 3.80. The van der Waals surface area contributed by atoms with Gasteiger partial charge in [-0.15, -0.1) is 0 Å². The van der Waals surface area contributed by atoms with Crippen LogP contribution in [0.3, 0.4) is 0 Å². The number of benzene rings is 2. The average Bonchev–Trinajstić information content (AvgIpc) is 2.80. The molecule has 0 aliphatic carbocycles. The normalized spacial score (nSPS) is 14.6. The number of amides is 1. The Morgan fingerprint density at radius 2 is 1.89 bits per heavy atom. The van der Waals surface area contributed by atoms with Crippen molar-refractivity contribution in [2.24, 2.45) is 0 Å². The lowest BCUT2D eigenvalue weighted by Crippen LogP contribution is -2.44. The van der Waals surface area contributed by atoms with Crippen LogP contribution in [-0.2, 0) is 4.74 Å². The summed E-state index contributed by atoms with van der Waals surface area (Å²) in [5.41, 5.74) is 0.321. The maximum absolute atomic E-state index is 14.3. The van der Waals surface area contributed by atoms with Crippen molar-refractivity contribution in [3.8, 4) is 11.5 Å². The van der Waals surface area contributed by atoms with Crippen molar-refractivity contribution in [3.05, 3.63) is 47.5 Å². The van der Waals surface area contributed by atoms with Crippen molar-refractivity contribution in [3.63, 3.8) is 0 Å². The van der Waals surface area contributed by atoms with Crippen LogP contribution >= 0.6 is 11.6 Å². The molecule has 0 radical (unpaired) electrons. The molecule has 35 heavy (non-hydrogen) atoms. The number of halogens is 2. The zero-order chi connectivity index (χ0) is 25.2. The fourth-order valence-corrected chi connectivity index (χ4v) is 3.95. The molecule has 0 bridgehead atoms. The van der Waals surface area contributed by atoms with Crippen molar-refractivity contribution in [1.82, 2.24) is 14.9 Å². The molecule has 8 nitrogen and oxygen atoms in total. The van der Waals surface area contributed by atoms with Crippen LogP contribution in [-0.4, -0.2) is 52.9 Å². The topological polar surface area (TPSA) is 85.8 Å². The smallest absolute Gasteiger partial charge is 0.410 e. The van der Waals surface area contributed by atoms with E-state index in [-0.39, 0.29) is 17.9 Å². The van der Waals surface area contributed by atoms with Crippen LogP contribution in [0.15, 0.2) is 36.7 Å². The van der Waals surface area contributed by atoms with Gasteiger partial charge in [-0.3, -0.25) is 0 Å². The van der Waals surface area contributed by atoms with Gasteiger partial charge in [-0.25, -0.2) is 19.2 Å². The first-order chi connectivity index (χ1) is 16.6. The van der Waals surface area contributed by atoms with Gasteiger partial charge in [-0.1, -0.05) is 11.6 Å². The van der Waals surface area contributed by atoms with E-state index in [4.69, 9.17) is 25.8 Å². The van der Waals surface area contributed by atoms with Gasteiger partial charge >= 0.3 is 6.09 Å². The Hall–Kier alpha value is -3.33. The number of carbonyl (C=O) groups is 1. The van der Waals surface area contributed by atoms with E-state index in [2.05, 4.69) is 15.3 Å². The number of carbonyl (C=O) groups excluding carboxylic acids is 1. The summed E-state index contributed by atoms with van der Waals surface area (Å²) in [4.78, 5) is 22.6. The van der Waals surface area contributed by atoms with Crippen molar-refractivity contribution in [1.29, 1.82) is 0 Å². The molecule has 0 unspecified atom stereocenters. The molecule has 1 amide bonds. The lowest BCUT2D eigenvalue weighted by molar-refractivity contribution is 0.0124. The highest BCUT2D eigenvalue weighted by molar-refractivity contribution is 6.30. The molecular formula is C25H28ClFN4O4. The minimum absolute atomic E-state index is 0.0948. The summed E-state index contributed by atoms with van der Waals surface area (Å²) in [5, 5.41) is 3.95. The van der Waals surface area contributed by atoms with Crippen molar-refractivity contribution in [2.75, 3.05) is 25.5 Å². The van der Waals surface area contributed by atoms with Crippen molar-refractivity contribution < 1.29 is 23.4 Å². The minimum Gasteiger partial charge on any atom is -0.493 e. The number of nitrogens with one attached hydrogen (secondary N) is 1. The summed E-state index contributed by atoms with van der Waals surface area (Å²) < 4.78 is 31.6. The number of likely N-dealkylation sites (tertiary alicyclic amines) is 1. The second kappa shape index (κ2) is 10.1. The van der Waals surface area contributed by atoms with Crippen LogP contribution in [0.2, 0.25) is 5.02 Å². The minimum atomic E-state index is -0.530. The molecule has 1 aliphatic rings. The Morgan fingerprint density at radius 3 is 2.54 bits per heavy atom. The number of ether oxygens (including phenoxy) is 3. The van der Waals surface area contributed by atoms with Crippen LogP contribution in [0, 0.1) is 5.82 Å². The molecule has 1 aromatic heterocycles. The molecule has 1 saturated heterocycles. The summed E-state index contributed by atoms with van der Waals surface area (Å²) >= 11 is 5.85. The van der Waals surface area contributed by atoms with E-state index in [1.54, 1.807) is 36.3 Å². The van der Waals surface area contributed by atoms with Gasteiger partial charge in [0.2, 0.25) is 0 Å². The average molecular weight is 503 g/mol. The second-order valence-corrected chi connectivity index (χ2v) is 9.71. The number of fused-ring (bicyclic) bond motifs is 1. The number of hydrogen-bond acceptors (Lipinski definition) is 7. The number of aromatic nitrogens is 2. The summed E-state index contributed by atoms with van der Waals surface area (Å²) in [7, 11) is 1.55. The van der Waals surface area contributed by atoms with E-state index in [1.165, 1.54) is 12.4 Å². The molecule has 4 rings (SSSR count). The van der Waals surface area contributed by atoms with Crippen molar-refractivity contribution in [2.45, 2.75) is 45.3 Å². The van der Waals surface area contributed by atoms with Gasteiger partial charge in [0, 0.05) is 42.4 Å². The van der Waals surface area contributed by atoms with Gasteiger partial charge in [-0.2, -0.15) is 0 Å². The van der Waals surface area contributed by atoms with Gasteiger partial charge in [-0.05, 0) is 45.0 Å². The van der Waals surface area contributed by atoms with Gasteiger partial charge < -0.3 is 24.4 Å². The van der Waals surface area contributed by atoms with E-state index in [0.717, 1.165) is 0 Å². The maximum Gasteiger partial charge on any atom is 0.410 e. The molecule has 1 fully saturated rings. The molecule has 0 spiro atoms. The Morgan fingerprint density at radius 1 is 1.14 bits per heavy atom. The molecule has 1 N–H and O–H groups in total. The second-order valence-electron chi connectivity index (χ2n) is 9.28. The van der Waals surface area contributed by atoms with E-state index >= 15 is 0 Å². The van der Waals surface area contributed by atoms with Crippen LogP contribution in [0.25, 0.3) is 10.9 Å².